The minimum absolute atomic E-state index is 0.124. The molecule has 1 rings (SSSR count). The van der Waals surface area contributed by atoms with E-state index >= 15 is 0 Å². The molecule has 0 radical (unpaired) electrons. The highest BCUT2D eigenvalue weighted by molar-refractivity contribution is 4.90. The van der Waals surface area contributed by atoms with Crippen LogP contribution in [0.4, 0.5) is 0 Å². The van der Waals surface area contributed by atoms with Crippen LogP contribution in [0.15, 0.2) is 25.3 Å². The Bertz CT molecular complexity index is 144. The maximum Gasteiger partial charge on any atom is 0.0602 e. The van der Waals surface area contributed by atoms with Gasteiger partial charge in [0.15, 0.2) is 0 Å². The summed E-state index contributed by atoms with van der Waals surface area (Å²) >= 11 is 0. The molecule has 68 valence electrons. The number of hydrogen-bond donors (Lipinski definition) is 1. The second-order valence-electron chi connectivity index (χ2n) is 3.64. The highest BCUT2D eigenvalue weighted by Gasteiger charge is 2.32. The van der Waals surface area contributed by atoms with Crippen molar-refractivity contribution >= 4 is 0 Å². The molecule has 1 N–H and O–H groups in total. The summed E-state index contributed by atoms with van der Waals surface area (Å²) in [6, 6.07) is 0. The van der Waals surface area contributed by atoms with Gasteiger partial charge < -0.3 is 5.11 Å². The van der Waals surface area contributed by atoms with Gasteiger partial charge in [-0.15, -0.1) is 13.2 Å². The number of rotatable bonds is 4. The summed E-state index contributed by atoms with van der Waals surface area (Å²) in [7, 11) is 0. The van der Waals surface area contributed by atoms with Crippen molar-refractivity contribution in [3.8, 4) is 0 Å². The molecule has 1 fully saturated rings. The predicted molar refractivity (Wildman–Crippen MR) is 51.8 cm³/mol. The molecular formula is C11H18O. The Morgan fingerprint density at radius 2 is 1.50 bits per heavy atom. The fraction of sp³-hybridized carbons (Fsp3) is 0.636. The summed E-state index contributed by atoms with van der Waals surface area (Å²) in [5.74, 6) is 0.903. The molecule has 1 nitrogen and oxygen atoms in total. The highest BCUT2D eigenvalue weighted by atomic mass is 16.3. The van der Waals surface area contributed by atoms with Crippen LogP contribution in [0, 0.1) is 11.8 Å². The van der Waals surface area contributed by atoms with E-state index in [4.69, 9.17) is 0 Å². The molecule has 0 heterocycles. The third-order valence-electron chi connectivity index (χ3n) is 2.81. The summed E-state index contributed by atoms with van der Waals surface area (Å²) in [5.41, 5.74) is 0. The van der Waals surface area contributed by atoms with Crippen molar-refractivity contribution in [3.63, 3.8) is 0 Å². The van der Waals surface area contributed by atoms with Gasteiger partial charge in [-0.25, -0.2) is 0 Å². The van der Waals surface area contributed by atoms with Gasteiger partial charge in [0.25, 0.3) is 0 Å². The van der Waals surface area contributed by atoms with Crippen LogP contribution in [0.25, 0.3) is 0 Å². The Morgan fingerprint density at radius 1 is 1.08 bits per heavy atom. The molecule has 1 aliphatic carbocycles. The van der Waals surface area contributed by atoms with Gasteiger partial charge in [0.1, 0.15) is 0 Å². The minimum Gasteiger partial charge on any atom is -0.393 e. The first-order valence-electron chi connectivity index (χ1n) is 4.69. The number of hydrogen-bond acceptors (Lipinski definition) is 1. The molecule has 1 aliphatic rings. The van der Waals surface area contributed by atoms with Crippen molar-refractivity contribution in [2.24, 2.45) is 11.8 Å². The lowest BCUT2D eigenvalue weighted by atomic mass is 9.96. The monoisotopic (exact) mass is 166 g/mol. The minimum atomic E-state index is -0.124. The molecule has 0 aromatic heterocycles. The molecule has 1 heteroatoms. The zero-order valence-corrected chi connectivity index (χ0v) is 7.58. The Balaban J connectivity index is 2.42. The normalized spacial score (nSPS) is 34.9. The quantitative estimate of drug-likeness (QED) is 0.636. The lowest BCUT2D eigenvalue weighted by molar-refractivity contribution is 0.0931. The standard InChI is InChI=1S/C11H18O/c1-3-5-9-7-8-10(6-4-2)11(9)12/h3-4,9-12H,1-2,5-8H2. The largest absolute Gasteiger partial charge is 0.393 e. The van der Waals surface area contributed by atoms with E-state index in [1.54, 1.807) is 0 Å². The van der Waals surface area contributed by atoms with Crippen LogP contribution >= 0.6 is 0 Å². The number of aliphatic hydroxyl groups is 1. The van der Waals surface area contributed by atoms with E-state index in [0.717, 1.165) is 25.7 Å². The molecule has 2 atom stereocenters. The van der Waals surface area contributed by atoms with E-state index in [1.807, 2.05) is 12.2 Å². The summed E-state index contributed by atoms with van der Waals surface area (Å²) in [5, 5.41) is 9.82. The summed E-state index contributed by atoms with van der Waals surface area (Å²) in [6.45, 7) is 7.40. The summed E-state index contributed by atoms with van der Waals surface area (Å²) in [6.07, 6.45) is 7.89. The lowest BCUT2D eigenvalue weighted by Gasteiger charge is -2.16. The molecule has 2 unspecified atom stereocenters. The lowest BCUT2D eigenvalue weighted by Crippen LogP contribution is -2.20. The third-order valence-corrected chi connectivity index (χ3v) is 2.81. The van der Waals surface area contributed by atoms with Crippen LogP contribution in [0.3, 0.4) is 0 Å². The maximum atomic E-state index is 9.82. The average molecular weight is 166 g/mol. The Hall–Kier alpha value is -0.560. The van der Waals surface area contributed by atoms with Crippen LogP contribution in [-0.2, 0) is 0 Å². The molecule has 1 saturated carbocycles. The Morgan fingerprint density at radius 3 is 1.83 bits per heavy atom. The van der Waals surface area contributed by atoms with Gasteiger partial charge in [-0.2, -0.15) is 0 Å². The smallest absolute Gasteiger partial charge is 0.0602 e. The zero-order valence-electron chi connectivity index (χ0n) is 7.58. The van der Waals surface area contributed by atoms with Gasteiger partial charge in [0.2, 0.25) is 0 Å². The molecule has 0 spiro atoms. The Kier molecular flexibility index (Phi) is 3.54. The highest BCUT2D eigenvalue weighted by Crippen LogP contribution is 2.35. The maximum absolute atomic E-state index is 9.82. The predicted octanol–water partition coefficient (Wildman–Crippen LogP) is 2.53. The number of allylic oxidation sites excluding steroid dienone is 2. The van der Waals surface area contributed by atoms with Crippen LogP contribution in [0.5, 0.6) is 0 Å². The van der Waals surface area contributed by atoms with Gasteiger partial charge >= 0.3 is 0 Å². The second-order valence-corrected chi connectivity index (χ2v) is 3.64. The van der Waals surface area contributed by atoms with Crippen molar-refractivity contribution in [1.29, 1.82) is 0 Å². The zero-order chi connectivity index (χ0) is 8.97. The third kappa shape index (κ3) is 1.98. The van der Waals surface area contributed by atoms with Crippen molar-refractivity contribution in [2.75, 3.05) is 0 Å². The van der Waals surface area contributed by atoms with E-state index in [9.17, 15) is 5.11 Å². The molecule has 0 aliphatic heterocycles. The van der Waals surface area contributed by atoms with Gasteiger partial charge in [0, 0.05) is 0 Å². The van der Waals surface area contributed by atoms with Crippen LogP contribution in [-0.4, -0.2) is 11.2 Å². The van der Waals surface area contributed by atoms with Crippen LogP contribution in [0.2, 0.25) is 0 Å². The summed E-state index contributed by atoms with van der Waals surface area (Å²) < 4.78 is 0. The molecule has 12 heavy (non-hydrogen) atoms. The molecule has 0 amide bonds. The van der Waals surface area contributed by atoms with Crippen LogP contribution < -0.4 is 0 Å². The number of aliphatic hydroxyl groups excluding tert-OH is 1. The van der Waals surface area contributed by atoms with E-state index < -0.39 is 0 Å². The average Bonchev–Trinajstić information content (AvgIpc) is 2.38. The fourth-order valence-corrected chi connectivity index (χ4v) is 2.10. The first-order valence-corrected chi connectivity index (χ1v) is 4.69. The van der Waals surface area contributed by atoms with E-state index in [-0.39, 0.29) is 6.10 Å². The van der Waals surface area contributed by atoms with Gasteiger partial charge in [-0.3, -0.25) is 0 Å². The molecular weight excluding hydrogens is 148 g/mol. The van der Waals surface area contributed by atoms with Gasteiger partial charge in [-0.1, -0.05) is 12.2 Å². The van der Waals surface area contributed by atoms with Crippen molar-refractivity contribution in [3.05, 3.63) is 25.3 Å². The molecule has 0 bridgehead atoms. The molecule has 0 aromatic carbocycles. The summed E-state index contributed by atoms with van der Waals surface area (Å²) in [4.78, 5) is 0. The van der Waals surface area contributed by atoms with Crippen molar-refractivity contribution in [2.45, 2.75) is 31.8 Å². The van der Waals surface area contributed by atoms with E-state index in [0.29, 0.717) is 11.8 Å². The SMILES string of the molecule is C=CCC1CCC(CC=C)C1O. The first-order chi connectivity index (χ1) is 5.79. The van der Waals surface area contributed by atoms with Gasteiger partial charge in [-0.05, 0) is 37.5 Å². The van der Waals surface area contributed by atoms with Crippen LogP contribution in [0.1, 0.15) is 25.7 Å². The van der Waals surface area contributed by atoms with Crippen molar-refractivity contribution in [1.82, 2.24) is 0 Å². The Labute approximate surface area is 74.8 Å². The van der Waals surface area contributed by atoms with E-state index in [2.05, 4.69) is 13.2 Å². The molecule has 0 saturated heterocycles. The van der Waals surface area contributed by atoms with Gasteiger partial charge in [0.05, 0.1) is 6.10 Å². The molecule has 0 aromatic rings. The van der Waals surface area contributed by atoms with E-state index in [1.165, 1.54) is 0 Å². The van der Waals surface area contributed by atoms with Crippen molar-refractivity contribution < 1.29 is 5.11 Å². The second kappa shape index (κ2) is 4.46. The topological polar surface area (TPSA) is 20.2 Å². The fourth-order valence-electron chi connectivity index (χ4n) is 2.10. The first kappa shape index (κ1) is 9.53.